The Morgan fingerprint density at radius 2 is 1.85 bits per heavy atom. The van der Waals surface area contributed by atoms with Crippen LogP contribution in [0.3, 0.4) is 0 Å². The van der Waals surface area contributed by atoms with E-state index in [1.54, 1.807) is 6.20 Å². The summed E-state index contributed by atoms with van der Waals surface area (Å²) < 4.78 is 11.2. The lowest BCUT2D eigenvalue weighted by atomic mass is 10.2. The van der Waals surface area contributed by atoms with Crippen molar-refractivity contribution in [3.05, 3.63) is 48.2 Å². The van der Waals surface area contributed by atoms with Gasteiger partial charge in [-0.2, -0.15) is 0 Å². The normalized spacial score (nSPS) is 10.1. The predicted molar refractivity (Wildman–Crippen MR) is 80.3 cm³/mol. The first kappa shape index (κ1) is 14.2. The summed E-state index contributed by atoms with van der Waals surface area (Å²) in [4.78, 5) is 4.24. The Labute approximate surface area is 119 Å². The molecule has 4 heteroatoms. The van der Waals surface area contributed by atoms with Crippen molar-refractivity contribution < 1.29 is 9.47 Å². The minimum absolute atomic E-state index is 0.510. The minimum Gasteiger partial charge on any atom is -0.494 e. The Balaban J connectivity index is 1.97. The van der Waals surface area contributed by atoms with Crippen LogP contribution in [-0.2, 0) is 6.61 Å². The van der Waals surface area contributed by atoms with Crippen molar-refractivity contribution in [3.63, 3.8) is 0 Å². The van der Waals surface area contributed by atoms with Gasteiger partial charge in [0.25, 0.3) is 0 Å². The smallest absolute Gasteiger partial charge is 0.126 e. The summed E-state index contributed by atoms with van der Waals surface area (Å²) in [5.74, 6) is 2.50. The van der Waals surface area contributed by atoms with Crippen molar-refractivity contribution in [2.24, 2.45) is 0 Å². The molecule has 0 aliphatic heterocycles. The molecule has 1 aromatic carbocycles. The van der Waals surface area contributed by atoms with E-state index in [9.17, 15) is 0 Å². The molecule has 1 heterocycles. The Kier molecular flexibility index (Phi) is 5.24. The summed E-state index contributed by atoms with van der Waals surface area (Å²) in [6.45, 7) is 6.03. The van der Waals surface area contributed by atoms with Crippen LogP contribution in [0.2, 0.25) is 0 Å². The zero-order valence-electron chi connectivity index (χ0n) is 11.9. The van der Waals surface area contributed by atoms with E-state index < -0.39 is 0 Å². The number of benzene rings is 1. The van der Waals surface area contributed by atoms with Crippen LogP contribution in [0.25, 0.3) is 0 Å². The maximum absolute atomic E-state index is 5.78. The van der Waals surface area contributed by atoms with Gasteiger partial charge in [-0.3, -0.25) is 0 Å². The molecule has 0 unspecified atom stereocenters. The van der Waals surface area contributed by atoms with Gasteiger partial charge in [0.15, 0.2) is 0 Å². The zero-order valence-corrected chi connectivity index (χ0v) is 11.9. The highest BCUT2D eigenvalue weighted by molar-refractivity contribution is 5.37. The molecule has 1 aromatic heterocycles. The first-order valence-corrected chi connectivity index (χ1v) is 6.86. The summed E-state index contributed by atoms with van der Waals surface area (Å²) in [5.41, 5.74) is 1.08. The quantitative estimate of drug-likeness (QED) is 0.838. The van der Waals surface area contributed by atoms with Crippen LogP contribution in [0.15, 0.2) is 42.6 Å². The van der Waals surface area contributed by atoms with Gasteiger partial charge < -0.3 is 14.8 Å². The van der Waals surface area contributed by atoms with Crippen LogP contribution < -0.4 is 14.8 Å². The average Bonchev–Trinajstić information content (AvgIpc) is 2.47. The molecule has 0 aliphatic rings. The Morgan fingerprint density at radius 1 is 1.05 bits per heavy atom. The van der Waals surface area contributed by atoms with Gasteiger partial charge >= 0.3 is 0 Å². The van der Waals surface area contributed by atoms with E-state index in [1.165, 1.54) is 0 Å². The minimum atomic E-state index is 0.510. The van der Waals surface area contributed by atoms with Crippen LogP contribution in [0, 0.1) is 0 Å². The molecule has 1 N–H and O–H groups in total. The van der Waals surface area contributed by atoms with Crippen LogP contribution in [0.4, 0.5) is 5.82 Å². The molecule has 0 fully saturated rings. The summed E-state index contributed by atoms with van der Waals surface area (Å²) in [7, 11) is 0. The van der Waals surface area contributed by atoms with Crippen LogP contribution in [0.5, 0.6) is 11.5 Å². The number of pyridine rings is 1. The lowest BCUT2D eigenvalue weighted by Crippen LogP contribution is -2.01. The molecule has 0 saturated heterocycles. The third kappa shape index (κ3) is 4.16. The van der Waals surface area contributed by atoms with E-state index in [0.29, 0.717) is 13.2 Å². The van der Waals surface area contributed by atoms with E-state index in [2.05, 4.69) is 10.3 Å². The molecular weight excluding hydrogens is 252 g/mol. The molecule has 2 aromatic rings. The van der Waals surface area contributed by atoms with Crippen molar-refractivity contribution in [3.8, 4) is 11.5 Å². The molecular formula is C16H20N2O2. The van der Waals surface area contributed by atoms with Crippen molar-refractivity contribution in [2.45, 2.75) is 20.5 Å². The Morgan fingerprint density at radius 3 is 2.60 bits per heavy atom. The predicted octanol–water partition coefficient (Wildman–Crippen LogP) is 3.49. The standard InChI is InChI=1S/C16H20N2O2/c1-3-17-16-10-13(8-9-18-16)12-20-15-7-5-6-14(11-15)19-4-2/h5-11H,3-4,12H2,1-2H3,(H,17,18). The van der Waals surface area contributed by atoms with E-state index in [1.807, 2.05) is 50.2 Å². The maximum atomic E-state index is 5.78. The number of anilines is 1. The number of hydrogen-bond acceptors (Lipinski definition) is 4. The van der Waals surface area contributed by atoms with Gasteiger partial charge in [0.1, 0.15) is 23.9 Å². The first-order chi connectivity index (χ1) is 9.81. The number of rotatable bonds is 7. The first-order valence-electron chi connectivity index (χ1n) is 6.86. The van der Waals surface area contributed by atoms with Gasteiger partial charge in [0, 0.05) is 18.8 Å². The van der Waals surface area contributed by atoms with Gasteiger partial charge in [-0.05, 0) is 43.7 Å². The zero-order chi connectivity index (χ0) is 14.2. The molecule has 106 valence electrons. The lowest BCUT2D eigenvalue weighted by Gasteiger charge is -2.09. The molecule has 20 heavy (non-hydrogen) atoms. The number of aromatic nitrogens is 1. The largest absolute Gasteiger partial charge is 0.494 e. The van der Waals surface area contributed by atoms with Crippen LogP contribution >= 0.6 is 0 Å². The SMILES string of the molecule is CCNc1cc(COc2cccc(OCC)c2)ccn1. The van der Waals surface area contributed by atoms with Gasteiger partial charge in [-0.1, -0.05) is 6.07 Å². The van der Waals surface area contributed by atoms with Crippen LogP contribution in [-0.4, -0.2) is 18.1 Å². The highest BCUT2D eigenvalue weighted by Gasteiger charge is 2.00. The fraction of sp³-hybridized carbons (Fsp3) is 0.312. The molecule has 0 amide bonds. The monoisotopic (exact) mass is 272 g/mol. The third-order valence-electron chi connectivity index (χ3n) is 2.70. The van der Waals surface area contributed by atoms with E-state index >= 15 is 0 Å². The topological polar surface area (TPSA) is 43.4 Å². The molecule has 2 rings (SSSR count). The van der Waals surface area contributed by atoms with Crippen molar-refractivity contribution in [1.82, 2.24) is 4.98 Å². The van der Waals surface area contributed by atoms with Crippen molar-refractivity contribution in [1.29, 1.82) is 0 Å². The van der Waals surface area contributed by atoms with Gasteiger partial charge in [0.05, 0.1) is 6.61 Å². The second-order valence-electron chi connectivity index (χ2n) is 4.28. The fourth-order valence-electron chi connectivity index (χ4n) is 1.83. The summed E-state index contributed by atoms with van der Waals surface area (Å²) in [6.07, 6.45) is 1.79. The van der Waals surface area contributed by atoms with E-state index in [0.717, 1.165) is 29.4 Å². The number of hydrogen-bond donors (Lipinski definition) is 1. The number of nitrogens with zero attached hydrogens (tertiary/aromatic N) is 1. The van der Waals surface area contributed by atoms with Crippen LogP contribution in [0.1, 0.15) is 19.4 Å². The summed E-state index contributed by atoms with van der Waals surface area (Å²) in [5, 5.41) is 3.19. The second kappa shape index (κ2) is 7.38. The summed E-state index contributed by atoms with van der Waals surface area (Å²) in [6, 6.07) is 11.6. The molecule has 0 saturated carbocycles. The number of ether oxygens (including phenoxy) is 2. The third-order valence-corrected chi connectivity index (χ3v) is 2.70. The lowest BCUT2D eigenvalue weighted by molar-refractivity contribution is 0.299. The molecule has 0 spiro atoms. The molecule has 0 bridgehead atoms. The summed E-state index contributed by atoms with van der Waals surface area (Å²) >= 11 is 0. The van der Waals surface area contributed by atoms with Crippen molar-refractivity contribution in [2.75, 3.05) is 18.5 Å². The maximum Gasteiger partial charge on any atom is 0.126 e. The van der Waals surface area contributed by atoms with E-state index in [-0.39, 0.29) is 0 Å². The average molecular weight is 272 g/mol. The highest BCUT2D eigenvalue weighted by Crippen LogP contribution is 2.20. The second-order valence-corrected chi connectivity index (χ2v) is 4.28. The van der Waals surface area contributed by atoms with Gasteiger partial charge in [-0.25, -0.2) is 4.98 Å². The van der Waals surface area contributed by atoms with Crippen molar-refractivity contribution >= 4 is 5.82 Å². The fourth-order valence-corrected chi connectivity index (χ4v) is 1.83. The number of nitrogens with one attached hydrogen (secondary N) is 1. The van der Waals surface area contributed by atoms with Gasteiger partial charge in [0.2, 0.25) is 0 Å². The Hall–Kier alpha value is -2.23. The molecule has 0 atom stereocenters. The van der Waals surface area contributed by atoms with Gasteiger partial charge in [-0.15, -0.1) is 0 Å². The highest BCUT2D eigenvalue weighted by atomic mass is 16.5. The van der Waals surface area contributed by atoms with E-state index in [4.69, 9.17) is 9.47 Å². The Bertz CT molecular complexity index is 494. The molecule has 0 radical (unpaired) electrons. The molecule has 0 aliphatic carbocycles. The molecule has 4 nitrogen and oxygen atoms in total.